The van der Waals surface area contributed by atoms with Crippen molar-refractivity contribution in [2.75, 3.05) is 45.7 Å². The number of hydrogen-bond donors (Lipinski definition) is 1. The van der Waals surface area contributed by atoms with Gasteiger partial charge in [0, 0.05) is 62.8 Å². The van der Waals surface area contributed by atoms with Crippen LogP contribution in [-0.2, 0) is 16.8 Å². The molecule has 4 aromatic heterocycles. The number of nitrogens with one attached hydrogen (secondary N) is 1. The maximum atomic E-state index is 14.9. The van der Waals surface area contributed by atoms with Crippen LogP contribution in [0.25, 0.3) is 22.4 Å². The Labute approximate surface area is 228 Å². The second kappa shape index (κ2) is 10.9. The van der Waals surface area contributed by atoms with Gasteiger partial charge in [0.25, 0.3) is 0 Å². The molecule has 0 aromatic carbocycles. The number of anilines is 2. The van der Waals surface area contributed by atoms with Gasteiger partial charge in [0.15, 0.2) is 11.5 Å². The second-order valence-corrected chi connectivity index (χ2v) is 11.1. The lowest BCUT2D eigenvalue weighted by molar-refractivity contribution is 0.0374. The number of ether oxygens (including phenoxy) is 1. The Kier molecular flexibility index (Phi) is 7.57. The quantitative estimate of drug-likeness (QED) is 0.378. The largest absolute Gasteiger partial charge is 0.383 e. The molecule has 0 radical (unpaired) electrons. The maximum absolute atomic E-state index is 14.9. The van der Waals surface area contributed by atoms with E-state index in [1.54, 1.807) is 13.3 Å². The monoisotopic (exact) mass is 533 g/mol. The fourth-order valence-corrected chi connectivity index (χ4v) is 5.17. The summed E-state index contributed by atoms with van der Waals surface area (Å²) in [5.74, 6) is 1.17. The molecule has 0 amide bonds. The highest BCUT2D eigenvalue weighted by Crippen LogP contribution is 2.29. The minimum atomic E-state index is -0.525. The lowest BCUT2D eigenvalue weighted by Crippen LogP contribution is -2.52. The summed E-state index contributed by atoms with van der Waals surface area (Å²) in [5.41, 5.74) is 3.08. The third-order valence-electron chi connectivity index (χ3n) is 7.06. The molecule has 1 fully saturated rings. The van der Waals surface area contributed by atoms with Crippen LogP contribution in [0.5, 0.6) is 0 Å². The molecule has 0 spiro atoms. The normalized spacial score (nSPS) is 17.2. The average molecular weight is 534 g/mol. The zero-order valence-electron chi connectivity index (χ0n) is 23.4. The lowest BCUT2D eigenvalue weighted by Gasteiger charge is -2.39. The van der Waals surface area contributed by atoms with Crippen molar-refractivity contribution in [1.82, 2.24) is 39.3 Å². The Hall–Kier alpha value is -3.54. The van der Waals surface area contributed by atoms with Crippen LogP contribution in [0.1, 0.15) is 32.2 Å². The van der Waals surface area contributed by atoms with Crippen molar-refractivity contribution in [2.24, 2.45) is 0 Å². The second-order valence-electron chi connectivity index (χ2n) is 11.1. The molecule has 11 heteroatoms. The Bertz CT molecular complexity index is 1450. The predicted molar refractivity (Wildman–Crippen MR) is 149 cm³/mol. The van der Waals surface area contributed by atoms with E-state index in [1.165, 1.54) is 6.20 Å². The number of halogens is 1. The van der Waals surface area contributed by atoms with Crippen molar-refractivity contribution < 1.29 is 9.13 Å². The Morgan fingerprint density at radius 3 is 2.62 bits per heavy atom. The van der Waals surface area contributed by atoms with Gasteiger partial charge in [-0.05, 0) is 52.4 Å². The molecule has 0 bridgehead atoms. The molecule has 1 N–H and O–H groups in total. The molecular formula is C28H36FN9O. The van der Waals surface area contributed by atoms with E-state index in [2.05, 4.69) is 72.4 Å². The van der Waals surface area contributed by atoms with Gasteiger partial charge in [-0.3, -0.25) is 9.80 Å². The van der Waals surface area contributed by atoms with Crippen LogP contribution in [0.15, 0.2) is 36.8 Å². The van der Waals surface area contributed by atoms with Crippen molar-refractivity contribution >= 4 is 22.9 Å². The number of hydrogen-bond acceptors (Lipinski definition) is 9. The van der Waals surface area contributed by atoms with E-state index in [9.17, 15) is 4.39 Å². The summed E-state index contributed by atoms with van der Waals surface area (Å²) in [4.78, 5) is 26.9. The van der Waals surface area contributed by atoms with E-state index in [1.807, 2.05) is 31.3 Å². The summed E-state index contributed by atoms with van der Waals surface area (Å²) >= 11 is 0. The predicted octanol–water partition coefficient (Wildman–Crippen LogP) is 3.99. The molecule has 39 heavy (non-hydrogen) atoms. The zero-order valence-corrected chi connectivity index (χ0v) is 23.4. The maximum Gasteiger partial charge on any atom is 0.229 e. The third-order valence-corrected chi connectivity index (χ3v) is 7.06. The van der Waals surface area contributed by atoms with Crippen LogP contribution in [0.2, 0.25) is 0 Å². The van der Waals surface area contributed by atoms with E-state index >= 15 is 0 Å². The summed E-state index contributed by atoms with van der Waals surface area (Å²) < 4.78 is 22.3. The minimum absolute atomic E-state index is 0.165. The van der Waals surface area contributed by atoms with Crippen molar-refractivity contribution in [2.45, 2.75) is 45.8 Å². The first-order valence-corrected chi connectivity index (χ1v) is 13.1. The van der Waals surface area contributed by atoms with Crippen LogP contribution in [0.3, 0.4) is 0 Å². The highest BCUT2D eigenvalue weighted by atomic mass is 19.1. The first kappa shape index (κ1) is 27.0. The number of rotatable bonds is 7. The average Bonchev–Trinajstić information content (AvgIpc) is 3.24. The highest BCUT2D eigenvalue weighted by Gasteiger charge is 2.24. The molecule has 5 heterocycles. The Morgan fingerprint density at radius 1 is 1.08 bits per heavy atom. The Morgan fingerprint density at radius 2 is 1.90 bits per heavy atom. The summed E-state index contributed by atoms with van der Waals surface area (Å²) in [7, 11) is 3.89. The molecule has 1 aliphatic heterocycles. The van der Waals surface area contributed by atoms with Gasteiger partial charge in [0.2, 0.25) is 5.95 Å². The van der Waals surface area contributed by atoms with Crippen LogP contribution in [0.4, 0.5) is 16.2 Å². The van der Waals surface area contributed by atoms with E-state index in [4.69, 9.17) is 4.74 Å². The highest BCUT2D eigenvalue weighted by molar-refractivity contribution is 5.78. The molecule has 206 valence electrons. The van der Waals surface area contributed by atoms with Gasteiger partial charge >= 0.3 is 0 Å². The number of aryl methyl sites for hydroxylation is 1. The number of nitrogens with zero attached hydrogens (tertiary/aromatic N) is 8. The van der Waals surface area contributed by atoms with Crippen LogP contribution < -0.4 is 5.32 Å². The van der Waals surface area contributed by atoms with Crippen molar-refractivity contribution in [3.63, 3.8) is 0 Å². The molecule has 1 saturated heterocycles. The number of methoxy groups -OCH3 is 1. The minimum Gasteiger partial charge on any atom is -0.383 e. The van der Waals surface area contributed by atoms with Gasteiger partial charge in [0.05, 0.1) is 18.3 Å². The number of fused-ring (bicyclic) bond motifs is 1. The van der Waals surface area contributed by atoms with E-state index in [0.29, 0.717) is 23.1 Å². The molecule has 10 nitrogen and oxygen atoms in total. The number of imidazole rings is 1. The van der Waals surface area contributed by atoms with Crippen molar-refractivity contribution in [3.05, 3.63) is 54.0 Å². The molecule has 0 saturated carbocycles. The van der Waals surface area contributed by atoms with Crippen LogP contribution >= 0.6 is 0 Å². The standard InChI is InChI=1S/C28H36FN9O/c1-18-33-26-23(38(18)28(2,3)4)11-20(13-31-26)25-22(29)14-32-27(35-25)34-24-8-7-19(12-30-24)15-37-10-9-36(5)21(16-37)17-39-6/h7-8,11-14,21H,9-10,15-17H2,1-6H3,(H,30,32,34,35)/t21-/m0/s1. The van der Waals surface area contributed by atoms with E-state index in [-0.39, 0.29) is 17.2 Å². The van der Waals surface area contributed by atoms with Crippen molar-refractivity contribution in [3.8, 4) is 11.3 Å². The molecule has 0 unspecified atom stereocenters. The lowest BCUT2D eigenvalue weighted by atomic mass is 10.1. The van der Waals surface area contributed by atoms with Gasteiger partial charge in [-0.1, -0.05) is 6.07 Å². The molecule has 4 aromatic rings. The van der Waals surface area contributed by atoms with Gasteiger partial charge < -0.3 is 14.6 Å². The topological polar surface area (TPSA) is 97.1 Å². The number of likely N-dealkylation sites (N-methyl/N-ethyl adjacent to an activating group) is 1. The number of pyridine rings is 2. The molecule has 5 rings (SSSR count). The summed E-state index contributed by atoms with van der Waals surface area (Å²) in [5, 5.41) is 3.10. The van der Waals surface area contributed by atoms with Gasteiger partial charge in [0.1, 0.15) is 17.3 Å². The molecule has 1 aliphatic rings. The summed E-state index contributed by atoms with van der Waals surface area (Å²) in [6, 6.07) is 6.20. The fourth-order valence-electron chi connectivity index (χ4n) is 5.17. The van der Waals surface area contributed by atoms with E-state index in [0.717, 1.165) is 49.7 Å². The fraction of sp³-hybridized carbons (Fsp3) is 0.464. The van der Waals surface area contributed by atoms with Crippen molar-refractivity contribution in [1.29, 1.82) is 0 Å². The number of aromatic nitrogens is 6. The van der Waals surface area contributed by atoms with Crippen LogP contribution in [0, 0.1) is 12.7 Å². The van der Waals surface area contributed by atoms with E-state index < -0.39 is 5.82 Å². The van der Waals surface area contributed by atoms with Gasteiger partial charge in [-0.25, -0.2) is 29.3 Å². The zero-order chi connectivity index (χ0) is 27.7. The SMILES string of the molecule is COC[C@@H]1CN(Cc2ccc(Nc3ncc(F)c(-c4cnc5nc(C)n(C(C)(C)C)c5c4)n3)nc2)CCN1C. The molecule has 1 atom stereocenters. The van der Waals surface area contributed by atoms with Gasteiger partial charge in [-0.2, -0.15) is 0 Å². The first-order valence-electron chi connectivity index (χ1n) is 13.1. The molecular weight excluding hydrogens is 497 g/mol. The Balaban J connectivity index is 1.32. The number of piperazine rings is 1. The summed E-state index contributed by atoms with van der Waals surface area (Å²) in [6.45, 7) is 12.7. The third kappa shape index (κ3) is 5.90. The van der Waals surface area contributed by atoms with Gasteiger partial charge in [-0.15, -0.1) is 0 Å². The summed E-state index contributed by atoms with van der Waals surface area (Å²) in [6.07, 6.45) is 4.61. The van der Waals surface area contributed by atoms with Crippen LogP contribution in [-0.4, -0.2) is 85.7 Å². The molecule has 0 aliphatic carbocycles. The smallest absolute Gasteiger partial charge is 0.229 e. The first-order chi connectivity index (χ1) is 18.6.